The SMILES string of the molecule is O=C(Nc1c(Cl)n2c(nc3ccccc32)[nH]c1=O)c1ccccc1. The minimum absolute atomic E-state index is 0.0128. The quantitative estimate of drug-likeness (QED) is 0.551. The molecule has 0 atom stereocenters. The standard InChI is InChI=1S/C17H11ClN4O2/c18-14-13(20-15(23)10-6-2-1-3-7-10)16(24)21-17-19-11-8-4-5-9-12(11)22(14)17/h1-9H,(H,20,23)(H,19,21,24). The van der Waals surface area contributed by atoms with Gasteiger partial charge in [-0.1, -0.05) is 41.9 Å². The smallest absolute Gasteiger partial charge is 0.277 e. The molecule has 2 aromatic heterocycles. The molecule has 0 aliphatic rings. The lowest BCUT2D eigenvalue weighted by Gasteiger charge is -2.08. The van der Waals surface area contributed by atoms with Gasteiger partial charge < -0.3 is 5.32 Å². The first kappa shape index (κ1) is 14.5. The molecule has 0 spiro atoms. The fraction of sp³-hybridized carbons (Fsp3) is 0. The fourth-order valence-electron chi connectivity index (χ4n) is 2.56. The lowest BCUT2D eigenvalue weighted by molar-refractivity contribution is 0.102. The maximum absolute atomic E-state index is 12.3. The molecule has 24 heavy (non-hydrogen) atoms. The second-order valence-electron chi connectivity index (χ2n) is 5.20. The van der Waals surface area contributed by atoms with Crippen LogP contribution in [0.1, 0.15) is 10.4 Å². The van der Waals surface area contributed by atoms with Crippen LogP contribution in [0.2, 0.25) is 5.15 Å². The van der Waals surface area contributed by atoms with E-state index < -0.39 is 11.5 Å². The summed E-state index contributed by atoms with van der Waals surface area (Å²) in [4.78, 5) is 31.6. The van der Waals surface area contributed by atoms with E-state index in [1.54, 1.807) is 34.7 Å². The van der Waals surface area contributed by atoms with E-state index in [0.717, 1.165) is 5.52 Å². The van der Waals surface area contributed by atoms with Crippen LogP contribution in [0, 0.1) is 0 Å². The van der Waals surface area contributed by atoms with Gasteiger partial charge in [0.25, 0.3) is 11.5 Å². The Hall–Kier alpha value is -3.12. The molecule has 4 rings (SSSR count). The van der Waals surface area contributed by atoms with Crippen molar-refractivity contribution in [3.8, 4) is 0 Å². The number of carbonyl (C=O) groups is 1. The molecule has 0 unspecified atom stereocenters. The topological polar surface area (TPSA) is 79.3 Å². The Morgan fingerprint density at radius 3 is 2.58 bits per heavy atom. The lowest BCUT2D eigenvalue weighted by Crippen LogP contribution is -2.22. The van der Waals surface area contributed by atoms with E-state index in [9.17, 15) is 9.59 Å². The minimum atomic E-state index is -0.507. The number of nitrogens with zero attached hydrogens (tertiary/aromatic N) is 2. The van der Waals surface area contributed by atoms with E-state index in [2.05, 4.69) is 15.3 Å². The van der Waals surface area contributed by atoms with Crippen LogP contribution in [-0.4, -0.2) is 20.3 Å². The zero-order chi connectivity index (χ0) is 16.7. The number of halogens is 1. The second-order valence-corrected chi connectivity index (χ2v) is 5.56. The lowest BCUT2D eigenvalue weighted by atomic mass is 10.2. The van der Waals surface area contributed by atoms with Gasteiger partial charge in [-0.2, -0.15) is 0 Å². The molecule has 0 radical (unpaired) electrons. The molecule has 0 aliphatic heterocycles. The highest BCUT2D eigenvalue weighted by atomic mass is 35.5. The summed E-state index contributed by atoms with van der Waals surface area (Å²) in [5.74, 6) is -0.0873. The number of fused-ring (bicyclic) bond motifs is 3. The van der Waals surface area contributed by atoms with Gasteiger partial charge in [-0.3, -0.25) is 19.0 Å². The Balaban J connectivity index is 1.88. The van der Waals surface area contributed by atoms with Crippen molar-refractivity contribution in [2.45, 2.75) is 0 Å². The van der Waals surface area contributed by atoms with Gasteiger partial charge in [0, 0.05) is 5.56 Å². The van der Waals surface area contributed by atoms with Crippen molar-refractivity contribution in [1.29, 1.82) is 0 Å². The number of aromatic nitrogens is 3. The number of rotatable bonds is 2. The Labute approximate surface area is 140 Å². The summed E-state index contributed by atoms with van der Waals surface area (Å²) >= 11 is 6.39. The second kappa shape index (κ2) is 5.50. The van der Waals surface area contributed by atoms with Crippen LogP contribution in [0.5, 0.6) is 0 Å². The molecule has 0 saturated heterocycles. The van der Waals surface area contributed by atoms with E-state index in [1.165, 1.54) is 0 Å². The minimum Gasteiger partial charge on any atom is -0.315 e. The highest BCUT2D eigenvalue weighted by Gasteiger charge is 2.17. The summed E-state index contributed by atoms with van der Waals surface area (Å²) in [6, 6.07) is 16.0. The van der Waals surface area contributed by atoms with Gasteiger partial charge in [-0.15, -0.1) is 0 Å². The van der Waals surface area contributed by atoms with Crippen molar-refractivity contribution in [2.75, 3.05) is 5.32 Å². The highest BCUT2D eigenvalue weighted by Crippen LogP contribution is 2.24. The summed E-state index contributed by atoms with van der Waals surface area (Å²) < 4.78 is 1.60. The maximum atomic E-state index is 12.3. The molecule has 2 aromatic carbocycles. The Bertz CT molecular complexity index is 1130. The van der Waals surface area contributed by atoms with Crippen molar-refractivity contribution < 1.29 is 4.79 Å². The molecule has 118 valence electrons. The van der Waals surface area contributed by atoms with Gasteiger partial charge in [-0.25, -0.2) is 4.98 Å². The first-order valence-corrected chi connectivity index (χ1v) is 7.58. The third-order valence-electron chi connectivity index (χ3n) is 3.69. The predicted molar refractivity (Wildman–Crippen MR) is 92.7 cm³/mol. The molecule has 7 heteroatoms. The van der Waals surface area contributed by atoms with E-state index in [1.807, 2.05) is 24.3 Å². The largest absolute Gasteiger partial charge is 0.315 e. The monoisotopic (exact) mass is 338 g/mol. The third-order valence-corrected chi connectivity index (χ3v) is 4.05. The summed E-state index contributed by atoms with van der Waals surface area (Å²) in [6.45, 7) is 0. The van der Waals surface area contributed by atoms with Crippen LogP contribution < -0.4 is 10.9 Å². The molecule has 0 aliphatic carbocycles. The number of amides is 1. The zero-order valence-electron chi connectivity index (χ0n) is 12.3. The van der Waals surface area contributed by atoms with Crippen molar-refractivity contribution in [3.63, 3.8) is 0 Å². The number of anilines is 1. The fourth-order valence-corrected chi connectivity index (χ4v) is 2.87. The molecule has 0 bridgehead atoms. The number of para-hydroxylation sites is 2. The van der Waals surface area contributed by atoms with Gasteiger partial charge in [0.05, 0.1) is 11.0 Å². The molecular formula is C17H11ClN4O2. The van der Waals surface area contributed by atoms with Gasteiger partial charge in [0.2, 0.25) is 5.78 Å². The molecule has 0 fully saturated rings. The van der Waals surface area contributed by atoms with E-state index in [-0.39, 0.29) is 10.8 Å². The van der Waals surface area contributed by atoms with Crippen molar-refractivity contribution in [2.24, 2.45) is 0 Å². The zero-order valence-corrected chi connectivity index (χ0v) is 13.0. The van der Waals surface area contributed by atoms with E-state index >= 15 is 0 Å². The molecule has 2 heterocycles. The Kier molecular flexibility index (Phi) is 3.32. The van der Waals surface area contributed by atoms with Gasteiger partial charge in [0.15, 0.2) is 0 Å². The third kappa shape index (κ3) is 2.24. The van der Waals surface area contributed by atoms with E-state index in [4.69, 9.17) is 11.6 Å². The molecule has 1 amide bonds. The highest BCUT2D eigenvalue weighted by molar-refractivity contribution is 6.33. The number of hydrogen-bond acceptors (Lipinski definition) is 3. The first-order chi connectivity index (χ1) is 11.6. The summed E-state index contributed by atoms with van der Waals surface area (Å²) in [7, 11) is 0. The van der Waals surface area contributed by atoms with Crippen LogP contribution in [0.25, 0.3) is 16.8 Å². The summed E-state index contributed by atoms with van der Waals surface area (Å²) in [5, 5.41) is 2.68. The van der Waals surface area contributed by atoms with Crippen LogP contribution in [0.4, 0.5) is 5.69 Å². The van der Waals surface area contributed by atoms with Crippen LogP contribution in [-0.2, 0) is 0 Å². The molecule has 2 N–H and O–H groups in total. The van der Waals surface area contributed by atoms with Crippen molar-refractivity contribution in [3.05, 3.63) is 75.7 Å². The average molecular weight is 339 g/mol. The number of carbonyl (C=O) groups excluding carboxylic acids is 1. The van der Waals surface area contributed by atoms with Crippen molar-refractivity contribution in [1.82, 2.24) is 14.4 Å². The molecule has 4 aromatic rings. The number of nitrogens with one attached hydrogen (secondary N) is 2. The molecule has 0 saturated carbocycles. The maximum Gasteiger partial charge on any atom is 0.277 e. The summed E-state index contributed by atoms with van der Waals surface area (Å²) in [6.07, 6.45) is 0. The normalized spacial score (nSPS) is 11.0. The number of aromatic amines is 1. The van der Waals surface area contributed by atoms with Crippen molar-refractivity contribution >= 4 is 40.0 Å². The van der Waals surface area contributed by atoms with Gasteiger partial charge in [-0.05, 0) is 24.3 Å². The number of hydrogen-bond donors (Lipinski definition) is 2. The number of H-pyrrole nitrogens is 1. The number of benzene rings is 2. The van der Waals surface area contributed by atoms with Gasteiger partial charge in [0.1, 0.15) is 10.8 Å². The Morgan fingerprint density at radius 2 is 1.79 bits per heavy atom. The number of imidazole rings is 1. The molecular weight excluding hydrogens is 328 g/mol. The predicted octanol–water partition coefficient (Wildman–Crippen LogP) is 3.08. The molecule has 6 nitrogen and oxygen atoms in total. The van der Waals surface area contributed by atoms with Gasteiger partial charge >= 0.3 is 0 Å². The first-order valence-electron chi connectivity index (χ1n) is 7.20. The average Bonchev–Trinajstić information content (AvgIpc) is 2.97. The van der Waals surface area contributed by atoms with Crippen LogP contribution in [0.3, 0.4) is 0 Å². The Morgan fingerprint density at radius 1 is 1.08 bits per heavy atom. The summed E-state index contributed by atoms with van der Waals surface area (Å²) in [5.41, 5.74) is 1.35. The van der Waals surface area contributed by atoms with Crippen LogP contribution in [0.15, 0.2) is 59.4 Å². The van der Waals surface area contributed by atoms with Crippen LogP contribution >= 0.6 is 11.6 Å². The van der Waals surface area contributed by atoms with E-state index in [0.29, 0.717) is 16.9 Å².